The summed E-state index contributed by atoms with van der Waals surface area (Å²) < 4.78 is 0. The van der Waals surface area contributed by atoms with Crippen molar-refractivity contribution in [1.29, 1.82) is 0 Å². The summed E-state index contributed by atoms with van der Waals surface area (Å²) in [6.07, 6.45) is 5.59. The highest BCUT2D eigenvalue weighted by atomic mass is 15.1. The number of hydrogen-bond donors (Lipinski definition) is 1. The molecule has 134 valence electrons. The monoisotopic (exact) mass is 339 g/mol. The normalized spacial score (nSPS) is 16.1. The molecule has 0 radical (unpaired) electrons. The first-order valence-electron chi connectivity index (χ1n) is 9.36. The molecule has 5 nitrogen and oxygen atoms in total. The molecule has 2 aromatic heterocycles. The van der Waals surface area contributed by atoms with E-state index in [1.54, 1.807) is 6.20 Å². The molecule has 2 aromatic rings. The van der Waals surface area contributed by atoms with Gasteiger partial charge in [-0.3, -0.25) is 4.98 Å². The van der Waals surface area contributed by atoms with Crippen molar-refractivity contribution in [3.05, 3.63) is 35.7 Å². The average Bonchev–Trinajstić information content (AvgIpc) is 2.64. The summed E-state index contributed by atoms with van der Waals surface area (Å²) >= 11 is 0. The zero-order valence-electron chi connectivity index (χ0n) is 15.6. The van der Waals surface area contributed by atoms with Gasteiger partial charge in [-0.2, -0.15) is 0 Å². The van der Waals surface area contributed by atoms with Crippen LogP contribution in [0.5, 0.6) is 0 Å². The number of aromatic nitrogens is 3. The molecule has 0 atom stereocenters. The number of nitrogens with one attached hydrogen (secondary N) is 1. The fraction of sp³-hybridized carbons (Fsp3) is 0.550. The molecule has 0 spiro atoms. The average molecular weight is 339 g/mol. The summed E-state index contributed by atoms with van der Waals surface area (Å²) in [5.74, 6) is 2.52. The van der Waals surface area contributed by atoms with Crippen molar-refractivity contribution in [2.24, 2.45) is 5.92 Å². The molecule has 0 aliphatic carbocycles. The Bertz CT molecular complexity index is 678. The van der Waals surface area contributed by atoms with Crippen molar-refractivity contribution < 1.29 is 0 Å². The second-order valence-electron chi connectivity index (χ2n) is 7.13. The smallest absolute Gasteiger partial charge is 0.180 e. The van der Waals surface area contributed by atoms with E-state index >= 15 is 0 Å². The zero-order valence-corrected chi connectivity index (χ0v) is 15.6. The van der Waals surface area contributed by atoms with E-state index in [-0.39, 0.29) is 0 Å². The van der Waals surface area contributed by atoms with Crippen LogP contribution in [0.2, 0.25) is 0 Å². The first-order valence-corrected chi connectivity index (χ1v) is 9.36. The quantitative estimate of drug-likeness (QED) is 0.814. The molecule has 1 saturated heterocycles. The van der Waals surface area contributed by atoms with Crippen LogP contribution in [0.25, 0.3) is 11.5 Å². The number of nitrogens with zero attached hydrogens (tertiary/aromatic N) is 4. The van der Waals surface area contributed by atoms with E-state index < -0.39 is 0 Å². The predicted molar refractivity (Wildman–Crippen MR) is 103 cm³/mol. The van der Waals surface area contributed by atoms with Gasteiger partial charge in [-0.1, -0.05) is 13.0 Å². The maximum absolute atomic E-state index is 4.70. The standard InChI is InChI=1S/C20H29N5/c1-15-8-13-25(14-9-15)12-6-11-22-19-16(2)17(3)23-20(24-19)18-7-4-5-10-21-18/h4-5,7,10,15H,6,8-9,11-14H2,1-3H3,(H,22,23,24). The third kappa shape index (κ3) is 4.75. The molecule has 1 aliphatic heterocycles. The summed E-state index contributed by atoms with van der Waals surface area (Å²) in [4.78, 5) is 16.2. The predicted octanol–water partition coefficient (Wildman–Crippen LogP) is 3.69. The number of pyridine rings is 1. The van der Waals surface area contributed by atoms with Gasteiger partial charge in [0.25, 0.3) is 0 Å². The molecule has 1 fully saturated rings. The second kappa shape index (κ2) is 8.39. The Labute approximate surface area is 150 Å². The molecule has 0 aromatic carbocycles. The summed E-state index contributed by atoms with van der Waals surface area (Å²) in [5.41, 5.74) is 2.94. The van der Waals surface area contributed by atoms with Crippen LogP contribution >= 0.6 is 0 Å². The SMILES string of the molecule is Cc1nc(-c2ccccn2)nc(NCCCN2CCC(C)CC2)c1C. The van der Waals surface area contributed by atoms with Crippen LogP contribution in [0.15, 0.2) is 24.4 Å². The molecule has 3 heterocycles. The molecule has 0 unspecified atom stereocenters. The lowest BCUT2D eigenvalue weighted by molar-refractivity contribution is 0.192. The Morgan fingerprint density at radius 1 is 1.16 bits per heavy atom. The number of rotatable bonds is 6. The van der Waals surface area contributed by atoms with Crippen LogP contribution in [-0.2, 0) is 0 Å². The maximum atomic E-state index is 4.70. The van der Waals surface area contributed by atoms with Crippen LogP contribution in [0.3, 0.4) is 0 Å². The van der Waals surface area contributed by atoms with E-state index in [2.05, 4.69) is 34.0 Å². The Balaban J connectivity index is 1.57. The van der Waals surface area contributed by atoms with Crippen LogP contribution in [0.4, 0.5) is 5.82 Å². The van der Waals surface area contributed by atoms with Gasteiger partial charge >= 0.3 is 0 Å². The summed E-state index contributed by atoms with van der Waals surface area (Å²) in [7, 11) is 0. The van der Waals surface area contributed by atoms with Crippen molar-refractivity contribution in [2.45, 2.75) is 40.0 Å². The fourth-order valence-corrected chi connectivity index (χ4v) is 3.21. The first kappa shape index (κ1) is 17.8. The third-order valence-corrected chi connectivity index (χ3v) is 5.10. The highest BCUT2D eigenvalue weighted by Crippen LogP contribution is 2.20. The first-order chi connectivity index (χ1) is 12.1. The molecular weight excluding hydrogens is 310 g/mol. The largest absolute Gasteiger partial charge is 0.370 e. The Morgan fingerprint density at radius 2 is 1.96 bits per heavy atom. The highest BCUT2D eigenvalue weighted by molar-refractivity contribution is 5.56. The number of hydrogen-bond acceptors (Lipinski definition) is 5. The summed E-state index contributed by atoms with van der Waals surface area (Å²) in [5, 5.41) is 3.51. The van der Waals surface area contributed by atoms with Gasteiger partial charge in [-0.05, 0) is 70.8 Å². The van der Waals surface area contributed by atoms with Crippen LogP contribution in [0.1, 0.15) is 37.4 Å². The van der Waals surface area contributed by atoms with Crippen molar-refractivity contribution in [3.8, 4) is 11.5 Å². The van der Waals surface area contributed by atoms with E-state index in [1.165, 1.54) is 25.9 Å². The molecule has 5 heteroatoms. The summed E-state index contributed by atoms with van der Waals surface area (Å²) in [6, 6.07) is 5.82. The van der Waals surface area contributed by atoms with Gasteiger partial charge in [-0.25, -0.2) is 9.97 Å². The fourth-order valence-electron chi connectivity index (χ4n) is 3.21. The topological polar surface area (TPSA) is 53.9 Å². The van der Waals surface area contributed by atoms with Gasteiger partial charge in [0.15, 0.2) is 5.82 Å². The van der Waals surface area contributed by atoms with Gasteiger partial charge in [0.1, 0.15) is 11.5 Å². The van der Waals surface area contributed by atoms with Crippen molar-refractivity contribution >= 4 is 5.82 Å². The van der Waals surface area contributed by atoms with Gasteiger partial charge in [-0.15, -0.1) is 0 Å². The lowest BCUT2D eigenvalue weighted by Gasteiger charge is -2.30. The minimum Gasteiger partial charge on any atom is -0.370 e. The molecule has 1 aliphatic rings. The molecule has 25 heavy (non-hydrogen) atoms. The van der Waals surface area contributed by atoms with E-state index in [9.17, 15) is 0 Å². The van der Waals surface area contributed by atoms with Gasteiger partial charge in [0, 0.05) is 24.0 Å². The highest BCUT2D eigenvalue weighted by Gasteiger charge is 2.15. The molecule has 0 amide bonds. The molecule has 1 N–H and O–H groups in total. The molecule has 0 saturated carbocycles. The molecular formula is C20H29N5. The lowest BCUT2D eigenvalue weighted by atomic mass is 9.99. The second-order valence-corrected chi connectivity index (χ2v) is 7.13. The maximum Gasteiger partial charge on any atom is 0.180 e. The number of piperidine rings is 1. The Hall–Kier alpha value is -2.01. The minimum absolute atomic E-state index is 0.691. The zero-order chi connectivity index (χ0) is 17.6. The lowest BCUT2D eigenvalue weighted by Crippen LogP contribution is -2.34. The van der Waals surface area contributed by atoms with Crippen molar-refractivity contribution in [1.82, 2.24) is 19.9 Å². The van der Waals surface area contributed by atoms with Gasteiger partial charge in [0.2, 0.25) is 0 Å². The van der Waals surface area contributed by atoms with E-state index in [4.69, 9.17) is 4.98 Å². The molecule has 0 bridgehead atoms. The van der Waals surface area contributed by atoms with E-state index in [1.807, 2.05) is 25.1 Å². The summed E-state index contributed by atoms with van der Waals surface area (Å²) in [6.45, 7) is 11.1. The van der Waals surface area contributed by atoms with Gasteiger partial charge < -0.3 is 10.2 Å². The molecule has 3 rings (SSSR count). The van der Waals surface area contributed by atoms with Crippen molar-refractivity contribution in [2.75, 3.05) is 31.5 Å². The number of aryl methyl sites for hydroxylation is 1. The van der Waals surface area contributed by atoms with E-state index in [0.29, 0.717) is 5.82 Å². The van der Waals surface area contributed by atoms with Gasteiger partial charge in [0.05, 0.1) is 0 Å². The number of anilines is 1. The Kier molecular flexibility index (Phi) is 5.97. The van der Waals surface area contributed by atoms with E-state index in [0.717, 1.165) is 48.2 Å². The van der Waals surface area contributed by atoms with Crippen LogP contribution in [0, 0.1) is 19.8 Å². The Morgan fingerprint density at radius 3 is 2.68 bits per heavy atom. The third-order valence-electron chi connectivity index (χ3n) is 5.10. The minimum atomic E-state index is 0.691. The van der Waals surface area contributed by atoms with Crippen LogP contribution < -0.4 is 5.32 Å². The number of likely N-dealkylation sites (tertiary alicyclic amines) is 1. The van der Waals surface area contributed by atoms with Crippen molar-refractivity contribution in [3.63, 3.8) is 0 Å². The van der Waals surface area contributed by atoms with Crippen LogP contribution in [-0.4, -0.2) is 46.0 Å².